The van der Waals surface area contributed by atoms with Crippen molar-refractivity contribution in [2.45, 2.75) is 26.8 Å². The van der Waals surface area contributed by atoms with E-state index in [-0.39, 0.29) is 12.2 Å². The quantitative estimate of drug-likeness (QED) is 0.258. The van der Waals surface area contributed by atoms with E-state index in [1.54, 1.807) is 31.2 Å². The Bertz CT molecular complexity index is 1570. The molecule has 0 bridgehead atoms. The van der Waals surface area contributed by atoms with Gasteiger partial charge in [-0.1, -0.05) is 60.4 Å². The third kappa shape index (κ3) is 5.46. The van der Waals surface area contributed by atoms with Crippen LogP contribution in [0.15, 0.2) is 82.2 Å². The Kier molecular flexibility index (Phi) is 7.83. The van der Waals surface area contributed by atoms with Crippen molar-refractivity contribution in [3.63, 3.8) is 0 Å². The van der Waals surface area contributed by atoms with E-state index in [2.05, 4.69) is 11.6 Å². The van der Waals surface area contributed by atoms with Crippen LogP contribution in [-0.2, 0) is 14.3 Å². The molecular weight excluding hydrogens is 492 g/mol. The van der Waals surface area contributed by atoms with Crippen LogP contribution in [0.4, 0.5) is 0 Å². The molecule has 190 valence electrons. The molecular formula is C28H26N2O6S. The standard InChI is InChI=1S/C28H26N2O6S/c1-5-14-35-27(33)24-17(3)29-28-30(25(24)20-10-8-7-9-11-20)26(32)23(37-28)16-19-12-13-21(36-18(4)31)22(15-19)34-6-2/h5,7-13,15-16,25H,1,6,14H2,2-4H3/b23-16+/t25-/m0/s1. The fourth-order valence-electron chi connectivity index (χ4n) is 4.02. The van der Waals surface area contributed by atoms with E-state index in [0.717, 1.165) is 5.56 Å². The molecule has 8 nitrogen and oxygen atoms in total. The van der Waals surface area contributed by atoms with Crippen LogP contribution in [0.25, 0.3) is 6.08 Å². The van der Waals surface area contributed by atoms with Gasteiger partial charge in [0.2, 0.25) is 0 Å². The zero-order chi connectivity index (χ0) is 26.5. The molecule has 0 saturated carbocycles. The van der Waals surface area contributed by atoms with Gasteiger partial charge >= 0.3 is 11.9 Å². The second-order valence-electron chi connectivity index (χ2n) is 8.11. The van der Waals surface area contributed by atoms with Crippen LogP contribution in [0.2, 0.25) is 0 Å². The first kappa shape index (κ1) is 25.8. The third-order valence-electron chi connectivity index (χ3n) is 5.51. The first-order valence-corrected chi connectivity index (χ1v) is 12.5. The molecule has 1 aromatic heterocycles. The Balaban J connectivity index is 1.86. The molecule has 2 heterocycles. The van der Waals surface area contributed by atoms with Crippen molar-refractivity contribution in [3.05, 3.63) is 103 Å². The van der Waals surface area contributed by atoms with Gasteiger partial charge in [-0.25, -0.2) is 9.79 Å². The van der Waals surface area contributed by atoms with Crippen molar-refractivity contribution in [1.82, 2.24) is 4.57 Å². The normalized spacial score (nSPS) is 15.0. The Morgan fingerprint density at radius 1 is 1.16 bits per heavy atom. The van der Waals surface area contributed by atoms with Gasteiger partial charge in [0.15, 0.2) is 16.3 Å². The summed E-state index contributed by atoms with van der Waals surface area (Å²) in [6.07, 6.45) is 3.21. The first-order valence-electron chi connectivity index (χ1n) is 11.6. The summed E-state index contributed by atoms with van der Waals surface area (Å²) < 4.78 is 18.1. The number of hydrogen-bond donors (Lipinski definition) is 0. The fraction of sp³-hybridized carbons (Fsp3) is 0.214. The minimum Gasteiger partial charge on any atom is -0.490 e. The van der Waals surface area contributed by atoms with Gasteiger partial charge in [-0.2, -0.15) is 0 Å². The van der Waals surface area contributed by atoms with Crippen molar-refractivity contribution >= 4 is 29.4 Å². The smallest absolute Gasteiger partial charge is 0.338 e. The lowest BCUT2D eigenvalue weighted by Crippen LogP contribution is -2.39. The predicted octanol–water partition coefficient (Wildman–Crippen LogP) is 3.29. The molecule has 2 aromatic carbocycles. The summed E-state index contributed by atoms with van der Waals surface area (Å²) in [5.41, 5.74) is 1.94. The summed E-state index contributed by atoms with van der Waals surface area (Å²) in [5, 5.41) is 0. The summed E-state index contributed by atoms with van der Waals surface area (Å²) >= 11 is 1.22. The van der Waals surface area contributed by atoms with E-state index in [0.29, 0.717) is 44.3 Å². The van der Waals surface area contributed by atoms with Gasteiger partial charge in [0.25, 0.3) is 5.56 Å². The molecule has 1 atom stereocenters. The van der Waals surface area contributed by atoms with Crippen LogP contribution >= 0.6 is 11.3 Å². The van der Waals surface area contributed by atoms with Crippen molar-refractivity contribution in [1.29, 1.82) is 0 Å². The number of esters is 2. The molecule has 0 amide bonds. The molecule has 37 heavy (non-hydrogen) atoms. The van der Waals surface area contributed by atoms with E-state index in [4.69, 9.17) is 14.2 Å². The Morgan fingerprint density at radius 2 is 1.92 bits per heavy atom. The maximum absolute atomic E-state index is 13.7. The number of ether oxygens (including phenoxy) is 3. The number of rotatable bonds is 8. The van der Waals surface area contributed by atoms with Crippen LogP contribution in [0.1, 0.15) is 37.9 Å². The van der Waals surface area contributed by atoms with E-state index >= 15 is 0 Å². The molecule has 1 aliphatic heterocycles. The predicted molar refractivity (Wildman–Crippen MR) is 140 cm³/mol. The third-order valence-corrected chi connectivity index (χ3v) is 6.49. The molecule has 0 unspecified atom stereocenters. The van der Waals surface area contributed by atoms with Gasteiger partial charge in [-0.05, 0) is 43.2 Å². The number of nitrogens with zero attached hydrogens (tertiary/aromatic N) is 2. The van der Waals surface area contributed by atoms with E-state index in [1.807, 2.05) is 37.3 Å². The van der Waals surface area contributed by atoms with Crippen molar-refractivity contribution in [2.24, 2.45) is 4.99 Å². The lowest BCUT2D eigenvalue weighted by atomic mass is 9.96. The van der Waals surface area contributed by atoms with Crippen LogP contribution in [0, 0.1) is 0 Å². The van der Waals surface area contributed by atoms with Crippen LogP contribution in [0.5, 0.6) is 11.5 Å². The summed E-state index contributed by atoms with van der Waals surface area (Å²) in [6.45, 7) is 8.90. The highest BCUT2D eigenvalue weighted by molar-refractivity contribution is 7.07. The minimum absolute atomic E-state index is 0.0487. The van der Waals surface area contributed by atoms with Crippen molar-refractivity contribution in [3.8, 4) is 11.5 Å². The highest BCUT2D eigenvalue weighted by atomic mass is 32.1. The van der Waals surface area contributed by atoms with Crippen molar-refractivity contribution in [2.75, 3.05) is 13.2 Å². The summed E-state index contributed by atoms with van der Waals surface area (Å²) in [4.78, 5) is 43.2. The highest BCUT2D eigenvalue weighted by Crippen LogP contribution is 2.31. The number of benzene rings is 2. The average molecular weight is 519 g/mol. The second-order valence-corrected chi connectivity index (χ2v) is 9.12. The van der Waals surface area contributed by atoms with Gasteiger partial charge in [-0.15, -0.1) is 0 Å². The molecule has 0 aliphatic carbocycles. The molecule has 9 heteroatoms. The molecule has 0 N–H and O–H groups in total. The Morgan fingerprint density at radius 3 is 2.59 bits per heavy atom. The van der Waals surface area contributed by atoms with Crippen molar-refractivity contribution < 1.29 is 23.8 Å². The lowest BCUT2D eigenvalue weighted by Gasteiger charge is -2.24. The second kappa shape index (κ2) is 11.2. The summed E-state index contributed by atoms with van der Waals surface area (Å²) in [7, 11) is 0. The highest BCUT2D eigenvalue weighted by Gasteiger charge is 2.33. The SMILES string of the molecule is C=CCOC(=O)C1=C(C)N=c2s/c(=C/c3ccc(OC(C)=O)c(OCC)c3)c(=O)n2[C@H]1c1ccccc1. The molecule has 0 saturated heterocycles. The van der Waals surface area contributed by atoms with Crippen LogP contribution in [-0.4, -0.2) is 29.7 Å². The van der Waals surface area contributed by atoms with E-state index in [1.165, 1.54) is 28.9 Å². The molecule has 0 fully saturated rings. The van der Waals surface area contributed by atoms with Crippen LogP contribution < -0.4 is 24.4 Å². The number of fused-ring (bicyclic) bond motifs is 1. The number of aromatic nitrogens is 1. The molecule has 4 rings (SSSR count). The lowest BCUT2D eigenvalue weighted by molar-refractivity contribution is -0.138. The van der Waals surface area contributed by atoms with Gasteiger partial charge < -0.3 is 14.2 Å². The van der Waals surface area contributed by atoms with E-state index < -0.39 is 18.0 Å². The molecule has 0 spiro atoms. The largest absolute Gasteiger partial charge is 0.490 e. The van der Waals surface area contributed by atoms with Crippen LogP contribution in [0.3, 0.4) is 0 Å². The Hall–Kier alpha value is -4.24. The van der Waals surface area contributed by atoms with Gasteiger partial charge in [0, 0.05) is 6.92 Å². The summed E-state index contributed by atoms with van der Waals surface area (Å²) in [5.74, 6) is -0.313. The topological polar surface area (TPSA) is 96.2 Å². The number of allylic oxidation sites excluding steroid dienone is 1. The molecule has 0 radical (unpaired) electrons. The maximum atomic E-state index is 13.7. The zero-order valence-corrected chi connectivity index (χ0v) is 21.5. The van der Waals surface area contributed by atoms with Gasteiger partial charge in [0.05, 0.1) is 28.5 Å². The molecule has 3 aromatic rings. The number of thiazole rings is 1. The average Bonchev–Trinajstić information content (AvgIpc) is 3.17. The zero-order valence-electron chi connectivity index (χ0n) is 20.7. The molecule has 1 aliphatic rings. The van der Waals surface area contributed by atoms with Gasteiger partial charge in [0.1, 0.15) is 6.61 Å². The number of carbonyl (C=O) groups excluding carboxylic acids is 2. The monoisotopic (exact) mass is 518 g/mol. The number of carbonyl (C=O) groups is 2. The Labute approximate surface area is 217 Å². The maximum Gasteiger partial charge on any atom is 0.338 e. The summed E-state index contributed by atoms with van der Waals surface area (Å²) in [6, 6.07) is 13.7. The van der Waals surface area contributed by atoms with E-state index in [9.17, 15) is 14.4 Å². The minimum atomic E-state index is -0.692. The van der Waals surface area contributed by atoms with Gasteiger partial charge in [-0.3, -0.25) is 14.2 Å². The first-order chi connectivity index (χ1) is 17.8. The fourth-order valence-corrected chi connectivity index (χ4v) is 5.07. The number of hydrogen-bond acceptors (Lipinski definition) is 8.